The minimum atomic E-state index is -0.343. The van der Waals surface area contributed by atoms with Crippen LogP contribution in [0.1, 0.15) is 47.5 Å². The number of hydrogen-bond donors (Lipinski definition) is 0. The van der Waals surface area contributed by atoms with Gasteiger partial charge in [-0.05, 0) is 26.7 Å². The van der Waals surface area contributed by atoms with Crippen LogP contribution in [-0.2, 0) is 9.53 Å². The van der Waals surface area contributed by atoms with E-state index >= 15 is 0 Å². The van der Waals surface area contributed by atoms with Crippen LogP contribution in [0, 0.1) is 5.92 Å². The molecule has 12 heavy (non-hydrogen) atoms. The van der Waals surface area contributed by atoms with Crippen molar-refractivity contribution in [3.63, 3.8) is 0 Å². The Balaban J connectivity index is 3.75. The predicted molar refractivity (Wildman–Crippen MR) is 49.9 cm³/mol. The van der Waals surface area contributed by atoms with Gasteiger partial charge in [0.1, 0.15) is 5.60 Å². The molecule has 0 aliphatic carbocycles. The fraction of sp³-hybridized carbons (Fsp3) is 0.900. The molecule has 0 aromatic carbocycles. The Morgan fingerprint density at radius 1 is 1.42 bits per heavy atom. The predicted octanol–water partition coefficient (Wildman–Crippen LogP) is 2.76. The molecule has 72 valence electrons. The van der Waals surface area contributed by atoms with Gasteiger partial charge in [-0.25, -0.2) is 0 Å². The second-order valence-corrected chi connectivity index (χ2v) is 4.30. The van der Waals surface area contributed by atoms with Crippen molar-refractivity contribution in [2.45, 2.75) is 53.1 Å². The van der Waals surface area contributed by atoms with Crippen molar-refractivity contribution < 1.29 is 9.53 Å². The largest absolute Gasteiger partial charge is 0.460 e. The Kier molecular flexibility index (Phi) is 4.29. The van der Waals surface area contributed by atoms with Gasteiger partial charge < -0.3 is 4.74 Å². The Hall–Kier alpha value is -0.530. The number of ether oxygens (including phenoxy) is 1. The first kappa shape index (κ1) is 11.5. The zero-order valence-electron chi connectivity index (χ0n) is 8.81. The molecule has 0 bridgehead atoms. The molecule has 0 saturated heterocycles. The molecule has 0 amide bonds. The van der Waals surface area contributed by atoms with Crippen LogP contribution >= 0.6 is 0 Å². The lowest BCUT2D eigenvalue weighted by Gasteiger charge is -2.20. The van der Waals surface area contributed by atoms with Crippen LogP contribution in [0.5, 0.6) is 0 Å². The Morgan fingerprint density at radius 3 is 2.25 bits per heavy atom. The Bertz CT molecular complexity index is 144. The Labute approximate surface area is 75.3 Å². The van der Waals surface area contributed by atoms with E-state index in [-0.39, 0.29) is 11.6 Å². The summed E-state index contributed by atoms with van der Waals surface area (Å²) in [5.74, 6) is 0.344. The molecular weight excluding hydrogens is 152 g/mol. The lowest BCUT2D eigenvalue weighted by Crippen LogP contribution is -2.24. The van der Waals surface area contributed by atoms with Gasteiger partial charge in [-0.1, -0.05) is 20.3 Å². The zero-order valence-corrected chi connectivity index (χ0v) is 8.81. The summed E-state index contributed by atoms with van der Waals surface area (Å²) in [6.45, 7) is 9.81. The van der Waals surface area contributed by atoms with E-state index in [1.165, 1.54) is 0 Å². The summed E-state index contributed by atoms with van der Waals surface area (Å²) in [4.78, 5) is 11.2. The van der Waals surface area contributed by atoms with E-state index in [0.29, 0.717) is 12.3 Å². The van der Waals surface area contributed by atoms with Crippen LogP contribution in [0.4, 0.5) is 0 Å². The van der Waals surface area contributed by atoms with Crippen molar-refractivity contribution in [1.82, 2.24) is 0 Å². The molecule has 0 saturated carbocycles. The normalized spacial score (nSPS) is 14.1. The molecule has 0 rings (SSSR count). The SMILES string of the molecule is CC[C@H](C)CC(=O)OC(C)(C)C. The van der Waals surface area contributed by atoms with Gasteiger partial charge >= 0.3 is 5.97 Å². The van der Waals surface area contributed by atoms with Crippen molar-refractivity contribution in [3.05, 3.63) is 0 Å². The number of carbonyl (C=O) groups excluding carboxylic acids is 1. The van der Waals surface area contributed by atoms with E-state index in [0.717, 1.165) is 6.42 Å². The third-order valence-electron chi connectivity index (χ3n) is 1.63. The highest BCUT2D eigenvalue weighted by molar-refractivity contribution is 5.70. The van der Waals surface area contributed by atoms with E-state index < -0.39 is 0 Å². The first-order chi connectivity index (χ1) is 5.35. The molecule has 0 aliphatic rings. The summed E-state index contributed by atoms with van der Waals surface area (Å²) in [6.07, 6.45) is 1.56. The van der Waals surface area contributed by atoms with Crippen LogP contribution in [0.25, 0.3) is 0 Å². The van der Waals surface area contributed by atoms with Gasteiger partial charge in [-0.3, -0.25) is 4.79 Å². The highest BCUT2D eigenvalue weighted by Gasteiger charge is 2.17. The fourth-order valence-electron chi connectivity index (χ4n) is 0.812. The molecule has 1 atom stereocenters. The molecular formula is C10H20O2. The molecule has 0 radical (unpaired) electrons. The maximum atomic E-state index is 11.2. The molecule has 0 fully saturated rings. The smallest absolute Gasteiger partial charge is 0.306 e. The van der Waals surface area contributed by atoms with Gasteiger partial charge in [0.25, 0.3) is 0 Å². The summed E-state index contributed by atoms with van der Waals surface area (Å²) in [6, 6.07) is 0. The van der Waals surface area contributed by atoms with Gasteiger partial charge in [0.15, 0.2) is 0 Å². The molecule has 0 aromatic heterocycles. The third-order valence-corrected chi connectivity index (χ3v) is 1.63. The maximum absolute atomic E-state index is 11.2. The van der Waals surface area contributed by atoms with E-state index in [1.54, 1.807) is 0 Å². The fourth-order valence-corrected chi connectivity index (χ4v) is 0.812. The average Bonchev–Trinajstić information content (AvgIpc) is 1.82. The highest BCUT2D eigenvalue weighted by atomic mass is 16.6. The van der Waals surface area contributed by atoms with E-state index in [9.17, 15) is 4.79 Å². The van der Waals surface area contributed by atoms with Gasteiger partial charge in [0, 0.05) is 6.42 Å². The monoisotopic (exact) mass is 172 g/mol. The van der Waals surface area contributed by atoms with E-state index in [4.69, 9.17) is 4.74 Å². The molecule has 0 N–H and O–H groups in total. The van der Waals surface area contributed by atoms with Crippen LogP contribution in [-0.4, -0.2) is 11.6 Å². The molecule has 0 aliphatic heterocycles. The number of rotatable bonds is 3. The minimum Gasteiger partial charge on any atom is -0.460 e. The van der Waals surface area contributed by atoms with Gasteiger partial charge in [-0.15, -0.1) is 0 Å². The molecule has 0 heterocycles. The first-order valence-electron chi connectivity index (χ1n) is 4.57. The molecule has 0 spiro atoms. The quantitative estimate of drug-likeness (QED) is 0.612. The standard InChI is InChI=1S/C10H20O2/c1-6-8(2)7-9(11)12-10(3,4)5/h8H,6-7H2,1-5H3/t8-/m0/s1. The van der Waals surface area contributed by atoms with Crippen molar-refractivity contribution in [2.75, 3.05) is 0 Å². The average molecular weight is 172 g/mol. The van der Waals surface area contributed by atoms with E-state index in [1.807, 2.05) is 20.8 Å². The van der Waals surface area contributed by atoms with Crippen LogP contribution in [0.2, 0.25) is 0 Å². The molecule has 2 heteroatoms. The summed E-state index contributed by atoms with van der Waals surface area (Å²) in [5, 5.41) is 0. The van der Waals surface area contributed by atoms with E-state index in [2.05, 4.69) is 13.8 Å². The van der Waals surface area contributed by atoms with Crippen molar-refractivity contribution in [2.24, 2.45) is 5.92 Å². The minimum absolute atomic E-state index is 0.0862. The van der Waals surface area contributed by atoms with Gasteiger partial charge in [0.2, 0.25) is 0 Å². The maximum Gasteiger partial charge on any atom is 0.306 e. The lowest BCUT2D eigenvalue weighted by atomic mass is 10.1. The summed E-state index contributed by atoms with van der Waals surface area (Å²) in [5.41, 5.74) is -0.343. The summed E-state index contributed by atoms with van der Waals surface area (Å²) >= 11 is 0. The summed E-state index contributed by atoms with van der Waals surface area (Å²) in [7, 11) is 0. The van der Waals surface area contributed by atoms with Crippen LogP contribution in [0.3, 0.4) is 0 Å². The zero-order chi connectivity index (χ0) is 9.78. The van der Waals surface area contributed by atoms with Gasteiger partial charge in [-0.2, -0.15) is 0 Å². The van der Waals surface area contributed by atoms with Gasteiger partial charge in [0.05, 0.1) is 0 Å². The van der Waals surface area contributed by atoms with Crippen LogP contribution in [0.15, 0.2) is 0 Å². The second kappa shape index (κ2) is 4.48. The second-order valence-electron chi connectivity index (χ2n) is 4.30. The van der Waals surface area contributed by atoms with Crippen molar-refractivity contribution >= 4 is 5.97 Å². The third kappa shape index (κ3) is 6.20. The number of esters is 1. The van der Waals surface area contributed by atoms with Crippen LogP contribution < -0.4 is 0 Å². The number of hydrogen-bond acceptors (Lipinski definition) is 2. The van der Waals surface area contributed by atoms with Crippen molar-refractivity contribution in [1.29, 1.82) is 0 Å². The summed E-state index contributed by atoms with van der Waals surface area (Å²) < 4.78 is 5.17. The lowest BCUT2D eigenvalue weighted by molar-refractivity contribution is -0.155. The molecule has 2 nitrogen and oxygen atoms in total. The number of carbonyl (C=O) groups is 1. The first-order valence-corrected chi connectivity index (χ1v) is 4.57. The topological polar surface area (TPSA) is 26.3 Å². The van der Waals surface area contributed by atoms with Crippen molar-refractivity contribution in [3.8, 4) is 0 Å². The molecule has 0 unspecified atom stereocenters. The Morgan fingerprint density at radius 2 is 1.92 bits per heavy atom. The molecule has 0 aromatic rings. The highest BCUT2D eigenvalue weighted by Crippen LogP contribution is 2.13.